The van der Waals surface area contributed by atoms with Crippen molar-refractivity contribution in [2.75, 3.05) is 13.6 Å². The fraction of sp³-hybridized carbons (Fsp3) is 0.500. The lowest BCUT2D eigenvalue weighted by Crippen LogP contribution is -2.47. The van der Waals surface area contributed by atoms with Crippen molar-refractivity contribution in [1.29, 1.82) is 0 Å². The van der Waals surface area contributed by atoms with Crippen LogP contribution in [0.2, 0.25) is 0 Å². The van der Waals surface area contributed by atoms with Crippen LogP contribution in [0.1, 0.15) is 13.8 Å². The van der Waals surface area contributed by atoms with Crippen LogP contribution in [0, 0.1) is 10.1 Å². The molecule has 0 spiro atoms. The number of carbonyl (C=O) groups excluding carboxylic acids is 1. The van der Waals surface area contributed by atoms with Crippen LogP contribution in [-0.4, -0.2) is 50.2 Å². The average Bonchev–Trinajstić information content (AvgIpc) is 2.76. The van der Waals surface area contributed by atoms with E-state index >= 15 is 0 Å². The van der Waals surface area contributed by atoms with E-state index in [1.807, 2.05) is 0 Å². The highest BCUT2D eigenvalue weighted by Gasteiger charge is 2.34. The molecular formula is C10H14N4O5. The van der Waals surface area contributed by atoms with Crippen molar-refractivity contribution in [3.8, 4) is 0 Å². The largest absolute Gasteiger partial charge is 0.480 e. The molecule has 9 nitrogen and oxygen atoms in total. The third-order valence-corrected chi connectivity index (χ3v) is 2.60. The van der Waals surface area contributed by atoms with Crippen molar-refractivity contribution >= 4 is 17.6 Å². The normalized spacial score (nSPS) is 11.1. The van der Waals surface area contributed by atoms with Gasteiger partial charge in [-0.15, -0.1) is 0 Å². The first-order valence-electron chi connectivity index (χ1n) is 5.33. The van der Waals surface area contributed by atoms with Crippen LogP contribution in [0.3, 0.4) is 0 Å². The molecular weight excluding hydrogens is 256 g/mol. The van der Waals surface area contributed by atoms with E-state index < -0.39 is 28.9 Å². The van der Waals surface area contributed by atoms with Gasteiger partial charge in [-0.05, 0) is 13.8 Å². The fourth-order valence-electron chi connectivity index (χ4n) is 1.55. The third-order valence-electron chi connectivity index (χ3n) is 2.60. The summed E-state index contributed by atoms with van der Waals surface area (Å²) < 4.78 is 1.14. The number of aliphatic carboxylic acids is 1. The number of amides is 1. The van der Waals surface area contributed by atoms with Gasteiger partial charge in [0.15, 0.2) is 0 Å². The average molecular weight is 270 g/mol. The highest BCUT2D eigenvalue weighted by atomic mass is 16.6. The number of nitro groups is 1. The standard InChI is InChI=1S/C10H14N4O5/c1-10(2,9(17)12(3)6-8(15)16)13-5-7(4-11-13)14(18)19/h4-5H,6H2,1-3H3,(H,15,16). The van der Waals surface area contributed by atoms with Gasteiger partial charge in [-0.25, -0.2) is 0 Å². The number of aromatic nitrogens is 2. The van der Waals surface area contributed by atoms with Crippen LogP contribution in [0.4, 0.5) is 5.69 Å². The Morgan fingerprint density at radius 2 is 2.16 bits per heavy atom. The fourth-order valence-corrected chi connectivity index (χ4v) is 1.55. The first-order valence-corrected chi connectivity index (χ1v) is 5.33. The number of carboxylic acids is 1. The molecule has 0 aliphatic carbocycles. The summed E-state index contributed by atoms with van der Waals surface area (Å²) in [5.41, 5.74) is -1.44. The van der Waals surface area contributed by atoms with Crippen LogP contribution in [0.5, 0.6) is 0 Å². The molecule has 1 heterocycles. The first kappa shape index (κ1) is 14.6. The summed E-state index contributed by atoms with van der Waals surface area (Å²) in [6.45, 7) is 2.56. The summed E-state index contributed by atoms with van der Waals surface area (Å²) in [6, 6.07) is 0. The smallest absolute Gasteiger partial charge is 0.323 e. The highest BCUT2D eigenvalue weighted by Crippen LogP contribution is 2.20. The summed E-state index contributed by atoms with van der Waals surface area (Å²) >= 11 is 0. The minimum atomic E-state index is -1.21. The lowest BCUT2D eigenvalue weighted by atomic mass is 10.0. The molecule has 0 aliphatic rings. The van der Waals surface area contributed by atoms with Crippen molar-refractivity contribution in [3.05, 3.63) is 22.5 Å². The zero-order valence-corrected chi connectivity index (χ0v) is 10.7. The molecule has 1 rings (SSSR count). The predicted molar refractivity (Wildman–Crippen MR) is 63.5 cm³/mol. The summed E-state index contributed by atoms with van der Waals surface area (Å²) in [7, 11) is 1.34. The van der Waals surface area contributed by atoms with Crippen LogP contribution in [0.25, 0.3) is 0 Å². The second kappa shape index (κ2) is 5.04. The zero-order valence-electron chi connectivity index (χ0n) is 10.7. The van der Waals surface area contributed by atoms with Crippen LogP contribution >= 0.6 is 0 Å². The van der Waals surface area contributed by atoms with Crippen molar-refractivity contribution in [2.45, 2.75) is 19.4 Å². The second-order valence-corrected chi connectivity index (χ2v) is 4.51. The number of rotatable bonds is 5. The van der Waals surface area contributed by atoms with Gasteiger partial charge < -0.3 is 10.0 Å². The van der Waals surface area contributed by atoms with Gasteiger partial charge >= 0.3 is 11.7 Å². The molecule has 0 fully saturated rings. The molecule has 1 N–H and O–H groups in total. The van der Waals surface area contributed by atoms with Gasteiger partial charge in [0.1, 0.15) is 24.5 Å². The maximum absolute atomic E-state index is 12.1. The Labute approximate surface area is 108 Å². The molecule has 0 aromatic carbocycles. The van der Waals surface area contributed by atoms with Crippen molar-refractivity contribution in [2.24, 2.45) is 0 Å². The molecule has 1 amide bonds. The molecule has 0 atom stereocenters. The van der Waals surface area contributed by atoms with Gasteiger partial charge in [-0.3, -0.25) is 24.4 Å². The summed E-state index contributed by atoms with van der Waals surface area (Å²) in [5, 5.41) is 23.0. The molecule has 1 aromatic heterocycles. The summed E-state index contributed by atoms with van der Waals surface area (Å²) in [5.74, 6) is -1.65. The van der Waals surface area contributed by atoms with E-state index in [4.69, 9.17) is 5.11 Å². The number of likely N-dealkylation sites (N-methyl/N-ethyl adjacent to an activating group) is 1. The van der Waals surface area contributed by atoms with Crippen LogP contribution in [0.15, 0.2) is 12.4 Å². The minimum Gasteiger partial charge on any atom is -0.480 e. The summed E-state index contributed by atoms with van der Waals surface area (Å²) in [6.07, 6.45) is 2.17. The maximum Gasteiger partial charge on any atom is 0.323 e. The monoisotopic (exact) mass is 270 g/mol. The maximum atomic E-state index is 12.1. The third kappa shape index (κ3) is 3.06. The van der Waals surface area contributed by atoms with Gasteiger partial charge in [0.05, 0.1) is 4.92 Å². The van der Waals surface area contributed by atoms with Gasteiger partial charge in [-0.1, -0.05) is 0 Å². The quantitative estimate of drug-likeness (QED) is 0.597. The Bertz CT molecular complexity index is 522. The molecule has 0 aliphatic heterocycles. The summed E-state index contributed by atoms with van der Waals surface area (Å²) in [4.78, 5) is 33.7. The van der Waals surface area contributed by atoms with Crippen molar-refractivity contribution in [1.82, 2.24) is 14.7 Å². The van der Waals surface area contributed by atoms with E-state index in [1.54, 1.807) is 0 Å². The molecule has 0 radical (unpaired) electrons. The number of nitrogens with zero attached hydrogens (tertiary/aromatic N) is 4. The van der Waals surface area contributed by atoms with Gasteiger partial charge in [-0.2, -0.15) is 5.10 Å². The van der Waals surface area contributed by atoms with Crippen LogP contribution < -0.4 is 0 Å². The Morgan fingerprint density at radius 1 is 1.58 bits per heavy atom. The molecule has 104 valence electrons. The Balaban J connectivity index is 2.98. The Hall–Kier alpha value is -2.45. The number of carboxylic acid groups (broad SMARTS) is 1. The zero-order chi connectivity index (χ0) is 14.8. The van der Waals surface area contributed by atoms with Crippen molar-refractivity contribution in [3.63, 3.8) is 0 Å². The first-order chi connectivity index (χ1) is 8.66. The molecule has 0 bridgehead atoms. The Morgan fingerprint density at radius 3 is 2.58 bits per heavy atom. The van der Waals surface area contributed by atoms with E-state index in [0.29, 0.717) is 0 Å². The molecule has 19 heavy (non-hydrogen) atoms. The van der Waals surface area contributed by atoms with E-state index in [9.17, 15) is 19.7 Å². The Kier molecular flexibility index (Phi) is 3.88. The van der Waals surface area contributed by atoms with E-state index in [1.165, 1.54) is 20.9 Å². The SMILES string of the molecule is CN(CC(=O)O)C(=O)C(C)(C)n1cc([N+](=O)[O-])cn1. The van der Waals surface area contributed by atoms with Gasteiger partial charge in [0.25, 0.3) is 0 Å². The number of carbonyl (C=O) groups is 2. The van der Waals surface area contributed by atoms with E-state index in [2.05, 4.69) is 5.10 Å². The molecule has 0 saturated heterocycles. The van der Waals surface area contributed by atoms with Crippen molar-refractivity contribution < 1.29 is 19.6 Å². The highest BCUT2D eigenvalue weighted by molar-refractivity contribution is 5.86. The number of hydrogen-bond acceptors (Lipinski definition) is 5. The second-order valence-electron chi connectivity index (χ2n) is 4.51. The topological polar surface area (TPSA) is 119 Å². The molecule has 1 aromatic rings. The lowest BCUT2D eigenvalue weighted by molar-refractivity contribution is -0.385. The molecule has 0 unspecified atom stereocenters. The van der Waals surface area contributed by atoms with Crippen LogP contribution in [-0.2, 0) is 15.1 Å². The van der Waals surface area contributed by atoms with Gasteiger partial charge in [0.2, 0.25) is 5.91 Å². The molecule has 9 heteroatoms. The predicted octanol–water partition coefficient (Wildman–Crippen LogP) is 0.0694. The van der Waals surface area contributed by atoms with E-state index in [0.717, 1.165) is 22.0 Å². The lowest BCUT2D eigenvalue weighted by Gasteiger charge is -2.28. The van der Waals surface area contributed by atoms with Gasteiger partial charge in [0, 0.05) is 7.05 Å². The number of hydrogen-bond donors (Lipinski definition) is 1. The van der Waals surface area contributed by atoms with E-state index in [-0.39, 0.29) is 5.69 Å². The minimum absolute atomic E-state index is 0.234. The molecule has 0 saturated carbocycles.